The third kappa shape index (κ3) is 4.41. The number of aromatic amines is 1. The monoisotopic (exact) mass is 546 g/mol. The molecule has 3 aromatic heterocycles. The molecule has 210 valence electrons. The van der Waals surface area contributed by atoms with Crippen LogP contribution >= 0.6 is 0 Å². The number of amides is 1. The molecule has 0 spiro atoms. The van der Waals surface area contributed by atoms with Crippen molar-refractivity contribution in [3.63, 3.8) is 0 Å². The first kappa shape index (κ1) is 25.4. The summed E-state index contributed by atoms with van der Waals surface area (Å²) in [4.78, 5) is 37.2. The van der Waals surface area contributed by atoms with Crippen molar-refractivity contribution in [3.05, 3.63) is 36.0 Å². The summed E-state index contributed by atoms with van der Waals surface area (Å²) >= 11 is 0. The number of carbonyl (C=O) groups is 1. The lowest BCUT2D eigenvalue weighted by molar-refractivity contribution is -0.130. The van der Waals surface area contributed by atoms with E-state index in [1.165, 1.54) is 6.07 Å². The minimum Gasteiger partial charge on any atom is -0.378 e. The van der Waals surface area contributed by atoms with Crippen LogP contribution in [0.1, 0.15) is 38.4 Å². The number of H-pyrrole nitrogens is 1. The number of benzene rings is 1. The molecule has 7 rings (SSSR count). The number of likely N-dealkylation sites (tertiary alicyclic amines) is 2. The fourth-order valence-electron chi connectivity index (χ4n) is 6.57. The minimum atomic E-state index is -0.346. The Bertz CT molecular complexity index is 1550. The fourth-order valence-corrected chi connectivity index (χ4v) is 6.57. The predicted octanol–water partition coefficient (Wildman–Crippen LogP) is 3.56. The Morgan fingerprint density at radius 3 is 2.62 bits per heavy atom. The number of hydrogen-bond donors (Lipinski definition) is 1. The van der Waals surface area contributed by atoms with Crippen LogP contribution in [0.3, 0.4) is 0 Å². The van der Waals surface area contributed by atoms with Crippen molar-refractivity contribution in [2.75, 3.05) is 50.8 Å². The van der Waals surface area contributed by atoms with Gasteiger partial charge >= 0.3 is 0 Å². The van der Waals surface area contributed by atoms with E-state index >= 15 is 4.39 Å². The van der Waals surface area contributed by atoms with Gasteiger partial charge in [0, 0.05) is 68.8 Å². The number of piperidine rings is 1. The van der Waals surface area contributed by atoms with Crippen LogP contribution in [0.25, 0.3) is 33.5 Å². The van der Waals surface area contributed by atoms with Crippen LogP contribution in [-0.4, -0.2) is 92.2 Å². The van der Waals surface area contributed by atoms with Crippen LogP contribution < -0.4 is 4.90 Å². The van der Waals surface area contributed by atoms with E-state index < -0.39 is 0 Å². The molecule has 3 saturated heterocycles. The van der Waals surface area contributed by atoms with E-state index in [-0.39, 0.29) is 5.82 Å². The SMILES string of the molecule is CCn1c(CN2CCC(N3CCCC3=O)CC2)nc2c(N3CCOCC3)nc(-c3c(F)ccc4[nH]ccc34)nc21. The molecule has 0 aliphatic carbocycles. The van der Waals surface area contributed by atoms with Gasteiger partial charge in [-0.05, 0) is 44.4 Å². The number of nitrogens with zero attached hydrogens (tertiary/aromatic N) is 7. The molecule has 11 heteroatoms. The molecule has 1 amide bonds. The van der Waals surface area contributed by atoms with Gasteiger partial charge in [-0.3, -0.25) is 9.69 Å². The van der Waals surface area contributed by atoms with Crippen molar-refractivity contribution >= 4 is 33.8 Å². The Kier molecular flexibility index (Phi) is 6.63. The van der Waals surface area contributed by atoms with Gasteiger partial charge in [-0.15, -0.1) is 0 Å². The Balaban J connectivity index is 1.26. The van der Waals surface area contributed by atoms with Crippen molar-refractivity contribution in [1.82, 2.24) is 34.3 Å². The van der Waals surface area contributed by atoms with E-state index in [9.17, 15) is 4.79 Å². The summed E-state index contributed by atoms with van der Waals surface area (Å²) in [6.45, 7) is 8.85. The first-order valence-corrected chi connectivity index (χ1v) is 14.5. The number of fused-ring (bicyclic) bond motifs is 2. The molecule has 10 nitrogen and oxygen atoms in total. The molecule has 4 aromatic rings. The maximum Gasteiger partial charge on any atom is 0.222 e. The summed E-state index contributed by atoms with van der Waals surface area (Å²) in [6, 6.07) is 5.44. The van der Waals surface area contributed by atoms with Crippen LogP contribution in [0.15, 0.2) is 24.4 Å². The zero-order valence-electron chi connectivity index (χ0n) is 22.9. The lowest BCUT2D eigenvalue weighted by atomic mass is 10.0. The molecule has 0 atom stereocenters. The second kappa shape index (κ2) is 10.4. The lowest BCUT2D eigenvalue weighted by Gasteiger charge is -2.36. The largest absolute Gasteiger partial charge is 0.378 e. The Hall–Kier alpha value is -3.57. The molecule has 40 heavy (non-hydrogen) atoms. The molecular weight excluding hydrogens is 511 g/mol. The molecule has 0 saturated carbocycles. The van der Waals surface area contributed by atoms with E-state index in [0.29, 0.717) is 69.2 Å². The molecule has 0 bridgehead atoms. The minimum absolute atomic E-state index is 0.308. The van der Waals surface area contributed by atoms with Crippen LogP contribution in [-0.2, 0) is 22.6 Å². The van der Waals surface area contributed by atoms with E-state index in [4.69, 9.17) is 19.7 Å². The van der Waals surface area contributed by atoms with Gasteiger partial charge in [0.05, 0.1) is 25.3 Å². The Labute approximate surface area is 232 Å². The number of carbonyl (C=O) groups excluding carboxylic acids is 1. The molecular formula is C29H35FN8O2. The van der Waals surface area contributed by atoms with Crippen molar-refractivity contribution in [3.8, 4) is 11.4 Å². The Morgan fingerprint density at radius 1 is 1.05 bits per heavy atom. The molecule has 3 aliphatic heterocycles. The topological polar surface area (TPSA) is 95.4 Å². The average Bonchev–Trinajstić information content (AvgIpc) is 3.71. The summed E-state index contributed by atoms with van der Waals surface area (Å²) in [7, 11) is 0. The zero-order valence-corrected chi connectivity index (χ0v) is 22.9. The second-order valence-corrected chi connectivity index (χ2v) is 11.0. The molecule has 0 radical (unpaired) electrons. The normalized spacial score (nSPS) is 19.5. The molecule has 0 unspecified atom stereocenters. The van der Waals surface area contributed by atoms with Crippen molar-refractivity contribution < 1.29 is 13.9 Å². The number of rotatable bonds is 6. The van der Waals surface area contributed by atoms with Gasteiger partial charge in [0.25, 0.3) is 0 Å². The Morgan fingerprint density at radius 2 is 1.88 bits per heavy atom. The zero-order chi connectivity index (χ0) is 27.2. The third-order valence-electron chi connectivity index (χ3n) is 8.66. The van der Waals surface area contributed by atoms with E-state index in [2.05, 4.69) is 31.2 Å². The second-order valence-electron chi connectivity index (χ2n) is 11.0. The van der Waals surface area contributed by atoms with Gasteiger partial charge in [0.1, 0.15) is 11.6 Å². The summed E-state index contributed by atoms with van der Waals surface area (Å²) in [5.74, 6) is 2.00. The quantitative estimate of drug-likeness (QED) is 0.395. The van der Waals surface area contributed by atoms with E-state index in [1.54, 1.807) is 6.07 Å². The van der Waals surface area contributed by atoms with Gasteiger partial charge in [-0.1, -0.05) is 0 Å². The number of nitrogens with one attached hydrogen (secondary N) is 1. The van der Waals surface area contributed by atoms with Crippen LogP contribution in [0.4, 0.5) is 10.2 Å². The number of morpholine rings is 1. The fraction of sp³-hybridized carbons (Fsp3) is 0.517. The van der Waals surface area contributed by atoms with E-state index in [0.717, 1.165) is 72.6 Å². The summed E-state index contributed by atoms with van der Waals surface area (Å²) < 4.78 is 23.1. The predicted molar refractivity (Wildman–Crippen MR) is 151 cm³/mol. The number of halogens is 1. The highest BCUT2D eigenvalue weighted by molar-refractivity contribution is 5.95. The highest BCUT2D eigenvalue weighted by Gasteiger charge is 2.31. The van der Waals surface area contributed by atoms with Crippen molar-refractivity contribution in [2.24, 2.45) is 0 Å². The highest BCUT2D eigenvalue weighted by Crippen LogP contribution is 2.34. The smallest absolute Gasteiger partial charge is 0.222 e. The molecule has 3 aliphatic rings. The summed E-state index contributed by atoms with van der Waals surface area (Å²) in [5, 5.41) is 0.759. The van der Waals surface area contributed by atoms with Crippen molar-refractivity contribution in [2.45, 2.75) is 51.7 Å². The van der Waals surface area contributed by atoms with Gasteiger partial charge in [-0.2, -0.15) is 0 Å². The lowest BCUT2D eigenvalue weighted by Crippen LogP contribution is -2.45. The number of hydrogen-bond acceptors (Lipinski definition) is 7. The summed E-state index contributed by atoms with van der Waals surface area (Å²) in [5.41, 5.74) is 2.73. The maximum atomic E-state index is 15.3. The molecule has 6 heterocycles. The highest BCUT2D eigenvalue weighted by atomic mass is 19.1. The van der Waals surface area contributed by atoms with Gasteiger partial charge in [0.2, 0.25) is 5.91 Å². The van der Waals surface area contributed by atoms with Crippen LogP contribution in [0.2, 0.25) is 0 Å². The average molecular weight is 547 g/mol. The number of aromatic nitrogens is 5. The first-order chi connectivity index (χ1) is 19.6. The van der Waals surface area contributed by atoms with Gasteiger partial charge in [0.15, 0.2) is 22.8 Å². The molecule has 1 N–H and O–H groups in total. The maximum absolute atomic E-state index is 15.3. The third-order valence-corrected chi connectivity index (χ3v) is 8.66. The van der Waals surface area contributed by atoms with Gasteiger partial charge < -0.3 is 24.1 Å². The van der Waals surface area contributed by atoms with Gasteiger partial charge in [-0.25, -0.2) is 19.3 Å². The standard InChI is InChI=1S/C29H35FN8O2/c1-2-37-23(18-35-12-8-19(9-13-35)38-11-3-4-24(38)39)32-26-28(36-14-16-40-17-15-36)33-27(34-29(26)37)25-20-7-10-31-22(20)6-5-21(25)30/h5-7,10,19,31H,2-4,8-9,11-18H2,1H3. The van der Waals surface area contributed by atoms with E-state index in [1.807, 2.05) is 12.3 Å². The molecule has 3 fully saturated rings. The number of ether oxygens (including phenoxy) is 1. The summed E-state index contributed by atoms with van der Waals surface area (Å²) in [6.07, 6.45) is 5.46. The molecule has 1 aromatic carbocycles. The number of imidazole rings is 1. The number of anilines is 1. The number of aryl methyl sites for hydroxylation is 1. The van der Waals surface area contributed by atoms with Crippen molar-refractivity contribution in [1.29, 1.82) is 0 Å². The van der Waals surface area contributed by atoms with Crippen LogP contribution in [0.5, 0.6) is 0 Å². The van der Waals surface area contributed by atoms with Crippen LogP contribution in [0, 0.1) is 5.82 Å². The first-order valence-electron chi connectivity index (χ1n) is 14.5.